The Balaban J connectivity index is 2.07. The Hall–Kier alpha value is -3.27. The largest absolute Gasteiger partial charge is 0.496 e. The zero-order chi connectivity index (χ0) is 18.2. The maximum atomic E-state index is 12.3. The number of nitrogens with two attached hydrogens (primary N) is 1. The SMILES string of the molecule is CCOc1nc(C(=O)NCCc2ccccc2OC)cc(N)c1C#N. The first-order valence-electron chi connectivity index (χ1n) is 7.84. The number of pyridine rings is 1. The van der Waals surface area contributed by atoms with Crippen LogP contribution in [-0.2, 0) is 6.42 Å². The van der Waals surface area contributed by atoms with E-state index in [0.29, 0.717) is 19.6 Å². The van der Waals surface area contributed by atoms with Crippen LogP contribution in [0.3, 0.4) is 0 Å². The Morgan fingerprint density at radius 3 is 2.84 bits per heavy atom. The number of nitrogens with one attached hydrogen (secondary N) is 1. The highest BCUT2D eigenvalue weighted by molar-refractivity contribution is 5.93. The van der Waals surface area contributed by atoms with Crippen LogP contribution >= 0.6 is 0 Å². The number of ether oxygens (including phenoxy) is 2. The summed E-state index contributed by atoms with van der Waals surface area (Å²) < 4.78 is 10.6. The Kier molecular flexibility index (Phi) is 6.18. The molecule has 1 aromatic heterocycles. The molecule has 0 unspecified atom stereocenters. The number of nitrogen functional groups attached to an aromatic ring is 1. The average Bonchev–Trinajstić information content (AvgIpc) is 2.62. The van der Waals surface area contributed by atoms with Crippen LogP contribution < -0.4 is 20.5 Å². The van der Waals surface area contributed by atoms with Crippen molar-refractivity contribution >= 4 is 11.6 Å². The van der Waals surface area contributed by atoms with Crippen LogP contribution in [0.4, 0.5) is 5.69 Å². The zero-order valence-corrected chi connectivity index (χ0v) is 14.2. The number of methoxy groups -OCH3 is 1. The van der Waals surface area contributed by atoms with Crippen molar-refractivity contribution < 1.29 is 14.3 Å². The maximum Gasteiger partial charge on any atom is 0.270 e. The van der Waals surface area contributed by atoms with Crippen LogP contribution in [0.2, 0.25) is 0 Å². The molecule has 0 bridgehead atoms. The summed E-state index contributed by atoms with van der Waals surface area (Å²) >= 11 is 0. The van der Waals surface area contributed by atoms with Gasteiger partial charge in [-0.15, -0.1) is 0 Å². The van der Waals surface area contributed by atoms with E-state index in [9.17, 15) is 4.79 Å². The van der Waals surface area contributed by atoms with E-state index in [2.05, 4.69) is 10.3 Å². The van der Waals surface area contributed by atoms with Crippen molar-refractivity contribution in [3.8, 4) is 17.7 Å². The van der Waals surface area contributed by atoms with Gasteiger partial charge in [0.25, 0.3) is 5.91 Å². The zero-order valence-electron chi connectivity index (χ0n) is 14.2. The van der Waals surface area contributed by atoms with Crippen LogP contribution in [-0.4, -0.2) is 31.2 Å². The number of amides is 1. The highest BCUT2D eigenvalue weighted by Crippen LogP contribution is 2.22. The van der Waals surface area contributed by atoms with E-state index in [1.54, 1.807) is 14.0 Å². The number of nitriles is 1. The summed E-state index contributed by atoms with van der Waals surface area (Å²) in [5.41, 5.74) is 7.22. The number of hydrogen-bond acceptors (Lipinski definition) is 6. The lowest BCUT2D eigenvalue weighted by molar-refractivity contribution is 0.0948. The molecule has 0 aliphatic rings. The van der Waals surface area contributed by atoms with E-state index in [0.717, 1.165) is 11.3 Å². The summed E-state index contributed by atoms with van der Waals surface area (Å²) in [5.74, 6) is 0.461. The minimum absolute atomic E-state index is 0.0693. The maximum absolute atomic E-state index is 12.3. The number of carbonyl (C=O) groups excluding carboxylic acids is 1. The van der Waals surface area contributed by atoms with Crippen molar-refractivity contribution in [2.24, 2.45) is 0 Å². The molecule has 2 rings (SSSR count). The fourth-order valence-corrected chi connectivity index (χ4v) is 2.32. The smallest absolute Gasteiger partial charge is 0.270 e. The van der Waals surface area contributed by atoms with Gasteiger partial charge in [0, 0.05) is 6.54 Å². The Morgan fingerprint density at radius 1 is 1.40 bits per heavy atom. The van der Waals surface area contributed by atoms with E-state index in [-0.39, 0.29) is 28.7 Å². The number of nitrogens with zero attached hydrogens (tertiary/aromatic N) is 2. The normalized spacial score (nSPS) is 9.96. The molecule has 0 saturated heterocycles. The number of rotatable bonds is 7. The van der Waals surface area contributed by atoms with E-state index in [4.69, 9.17) is 20.5 Å². The molecule has 0 radical (unpaired) electrons. The molecule has 0 aliphatic carbocycles. The number of hydrogen-bond donors (Lipinski definition) is 2. The Labute approximate surface area is 146 Å². The monoisotopic (exact) mass is 340 g/mol. The molecule has 1 aromatic carbocycles. The fraction of sp³-hybridized carbons (Fsp3) is 0.278. The quantitative estimate of drug-likeness (QED) is 0.796. The van der Waals surface area contributed by atoms with Gasteiger partial charge in [0.2, 0.25) is 5.88 Å². The van der Waals surface area contributed by atoms with Gasteiger partial charge in [0.05, 0.1) is 19.4 Å². The molecule has 1 heterocycles. The van der Waals surface area contributed by atoms with Crippen LogP contribution in [0.15, 0.2) is 30.3 Å². The summed E-state index contributed by atoms with van der Waals surface area (Å²) in [6, 6.07) is 10.9. The summed E-state index contributed by atoms with van der Waals surface area (Å²) in [7, 11) is 1.61. The number of carbonyl (C=O) groups is 1. The highest BCUT2D eigenvalue weighted by Gasteiger charge is 2.16. The second-order valence-corrected chi connectivity index (χ2v) is 5.14. The predicted octanol–water partition coefficient (Wildman–Crippen LogP) is 1.92. The van der Waals surface area contributed by atoms with Gasteiger partial charge < -0.3 is 20.5 Å². The van der Waals surface area contributed by atoms with Gasteiger partial charge in [0.1, 0.15) is 23.1 Å². The topological polar surface area (TPSA) is 110 Å². The first kappa shape index (κ1) is 18.1. The lowest BCUT2D eigenvalue weighted by atomic mass is 10.1. The first-order valence-corrected chi connectivity index (χ1v) is 7.84. The van der Waals surface area contributed by atoms with E-state index in [1.165, 1.54) is 6.07 Å². The third-order valence-electron chi connectivity index (χ3n) is 3.51. The third-order valence-corrected chi connectivity index (χ3v) is 3.51. The molecule has 2 aromatic rings. The van der Waals surface area contributed by atoms with Gasteiger partial charge in [-0.2, -0.15) is 5.26 Å². The molecule has 7 heteroatoms. The summed E-state index contributed by atoms with van der Waals surface area (Å²) in [4.78, 5) is 16.4. The van der Waals surface area contributed by atoms with Crippen LogP contribution in [0.1, 0.15) is 28.5 Å². The summed E-state index contributed by atoms with van der Waals surface area (Å²) in [6.07, 6.45) is 0.611. The van der Waals surface area contributed by atoms with Gasteiger partial charge >= 0.3 is 0 Å². The van der Waals surface area contributed by atoms with Crippen molar-refractivity contribution in [3.63, 3.8) is 0 Å². The Bertz CT molecular complexity index is 799. The molecular weight excluding hydrogens is 320 g/mol. The number of anilines is 1. The molecule has 0 spiro atoms. The molecule has 1 amide bonds. The number of para-hydroxylation sites is 1. The lowest BCUT2D eigenvalue weighted by Crippen LogP contribution is -2.27. The second kappa shape index (κ2) is 8.55. The molecule has 25 heavy (non-hydrogen) atoms. The van der Waals surface area contributed by atoms with Crippen LogP contribution in [0.5, 0.6) is 11.6 Å². The average molecular weight is 340 g/mol. The number of benzene rings is 1. The van der Waals surface area contributed by atoms with Gasteiger partial charge in [-0.05, 0) is 31.0 Å². The van der Waals surface area contributed by atoms with E-state index >= 15 is 0 Å². The van der Waals surface area contributed by atoms with Crippen LogP contribution in [0.25, 0.3) is 0 Å². The standard InChI is InChI=1S/C18H20N4O3/c1-3-25-18-13(11-19)14(20)10-15(22-18)17(23)21-9-8-12-6-4-5-7-16(12)24-2/h4-7,10H,3,8-9H2,1-2H3,(H2,20,22)(H,21,23). The third kappa shape index (κ3) is 4.38. The first-order chi connectivity index (χ1) is 12.1. The van der Waals surface area contributed by atoms with Gasteiger partial charge in [0.15, 0.2) is 0 Å². The molecule has 0 fully saturated rings. The van der Waals surface area contributed by atoms with Gasteiger partial charge in [-0.1, -0.05) is 18.2 Å². The van der Waals surface area contributed by atoms with Crippen molar-refractivity contribution in [2.75, 3.05) is 26.0 Å². The van der Waals surface area contributed by atoms with Crippen molar-refractivity contribution in [3.05, 3.63) is 47.2 Å². The molecule has 130 valence electrons. The Morgan fingerprint density at radius 2 is 2.16 bits per heavy atom. The minimum Gasteiger partial charge on any atom is -0.496 e. The predicted molar refractivity (Wildman–Crippen MR) is 93.6 cm³/mol. The fourth-order valence-electron chi connectivity index (χ4n) is 2.32. The van der Waals surface area contributed by atoms with Gasteiger partial charge in [-0.3, -0.25) is 4.79 Å². The summed E-state index contributed by atoms with van der Waals surface area (Å²) in [5, 5.41) is 11.9. The molecule has 7 nitrogen and oxygen atoms in total. The molecule has 0 saturated carbocycles. The molecule has 3 N–H and O–H groups in total. The molecular formula is C18H20N4O3. The van der Waals surface area contributed by atoms with Crippen molar-refractivity contribution in [2.45, 2.75) is 13.3 Å². The second-order valence-electron chi connectivity index (χ2n) is 5.14. The van der Waals surface area contributed by atoms with E-state index in [1.807, 2.05) is 30.3 Å². The van der Waals surface area contributed by atoms with Crippen molar-refractivity contribution in [1.29, 1.82) is 5.26 Å². The lowest BCUT2D eigenvalue weighted by Gasteiger charge is -2.11. The highest BCUT2D eigenvalue weighted by atomic mass is 16.5. The van der Waals surface area contributed by atoms with Crippen LogP contribution in [0, 0.1) is 11.3 Å². The minimum atomic E-state index is -0.382. The van der Waals surface area contributed by atoms with E-state index < -0.39 is 0 Å². The number of aromatic nitrogens is 1. The molecule has 0 aliphatic heterocycles. The summed E-state index contributed by atoms with van der Waals surface area (Å²) in [6.45, 7) is 2.49. The van der Waals surface area contributed by atoms with Gasteiger partial charge in [-0.25, -0.2) is 4.98 Å². The molecule has 0 atom stereocenters. The van der Waals surface area contributed by atoms with Crippen molar-refractivity contribution in [1.82, 2.24) is 10.3 Å².